The SMILES string of the molecule is CCCOc1cccc(C)c1S[C@H]1Cc2ccccc2[C@@H]1NS(=O)(=O)C(F)(F)F. The van der Waals surface area contributed by atoms with Crippen molar-refractivity contribution in [3.8, 4) is 5.75 Å². The Hall–Kier alpha value is -1.71. The topological polar surface area (TPSA) is 55.4 Å². The van der Waals surface area contributed by atoms with Crippen molar-refractivity contribution in [3.63, 3.8) is 0 Å². The number of hydrogen-bond acceptors (Lipinski definition) is 4. The molecule has 0 aliphatic heterocycles. The predicted octanol–water partition coefficient (Wildman–Crippen LogP) is 4.98. The summed E-state index contributed by atoms with van der Waals surface area (Å²) >= 11 is 1.35. The smallest absolute Gasteiger partial charge is 0.492 e. The molecule has 0 spiro atoms. The third-order valence-corrected chi connectivity index (χ3v) is 7.35. The van der Waals surface area contributed by atoms with E-state index in [4.69, 9.17) is 4.74 Å². The van der Waals surface area contributed by atoms with E-state index in [1.807, 2.05) is 42.8 Å². The number of halogens is 3. The Morgan fingerprint density at radius 2 is 1.90 bits per heavy atom. The van der Waals surface area contributed by atoms with Crippen LogP contribution in [0.4, 0.5) is 13.2 Å². The summed E-state index contributed by atoms with van der Waals surface area (Å²) in [6.45, 7) is 4.41. The molecule has 1 N–H and O–H groups in total. The largest absolute Gasteiger partial charge is 0.511 e. The number of nitrogens with one attached hydrogen (secondary N) is 1. The molecule has 158 valence electrons. The summed E-state index contributed by atoms with van der Waals surface area (Å²) < 4.78 is 70.4. The standard InChI is InChI=1S/C20H22F3NO3S2/c1-3-11-27-16-10-6-7-13(2)19(16)28-17-12-14-8-4-5-9-15(14)18(17)24-29(25,26)20(21,22)23/h4-10,17-18,24H,3,11-12H2,1-2H3/t17-,18-/m0/s1. The molecule has 0 fully saturated rings. The number of fused-ring (bicyclic) bond motifs is 1. The molecule has 1 aliphatic rings. The van der Waals surface area contributed by atoms with Crippen LogP contribution in [-0.2, 0) is 16.4 Å². The minimum atomic E-state index is -5.48. The van der Waals surface area contributed by atoms with Crippen molar-refractivity contribution in [2.45, 2.75) is 48.4 Å². The molecule has 0 bridgehead atoms. The van der Waals surface area contributed by atoms with Crippen LogP contribution in [0.1, 0.15) is 36.1 Å². The molecule has 1 aliphatic carbocycles. The van der Waals surface area contributed by atoms with Crippen LogP contribution in [0.25, 0.3) is 0 Å². The number of rotatable bonds is 7. The maximum atomic E-state index is 13.0. The van der Waals surface area contributed by atoms with Crippen molar-refractivity contribution in [1.29, 1.82) is 0 Å². The fraction of sp³-hybridized carbons (Fsp3) is 0.400. The van der Waals surface area contributed by atoms with Crippen LogP contribution in [0, 0.1) is 6.92 Å². The highest BCUT2D eigenvalue weighted by Gasteiger charge is 2.49. The van der Waals surface area contributed by atoms with Crippen molar-refractivity contribution in [1.82, 2.24) is 4.72 Å². The molecule has 0 saturated heterocycles. The van der Waals surface area contributed by atoms with Crippen LogP contribution in [0.3, 0.4) is 0 Å². The summed E-state index contributed by atoms with van der Waals surface area (Å²) in [5.74, 6) is 0.658. The molecule has 0 unspecified atom stereocenters. The maximum absolute atomic E-state index is 13.0. The summed E-state index contributed by atoms with van der Waals surface area (Å²) in [7, 11) is -5.48. The fourth-order valence-corrected chi connectivity index (χ4v) is 5.55. The van der Waals surface area contributed by atoms with Gasteiger partial charge in [-0.1, -0.05) is 43.3 Å². The van der Waals surface area contributed by atoms with Crippen LogP contribution < -0.4 is 9.46 Å². The van der Waals surface area contributed by atoms with Gasteiger partial charge < -0.3 is 4.74 Å². The van der Waals surface area contributed by atoms with Crippen LogP contribution in [0.2, 0.25) is 0 Å². The summed E-state index contributed by atoms with van der Waals surface area (Å²) in [6, 6.07) is 11.6. The Morgan fingerprint density at radius 3 is 2.59 bits per heavy atom. The van der Waals surface area contributed by atoms with E-state index in [-0.39, 0.29) is 0 Å². The van der Waals surface area contributed by atoms with Gasteiger partial charge in [0.05, 0.1) is 17.5 Å². The number of aryl methyl sites for hydroxylation is 1. The molecule has 0 amide bonds. The van der Waals surface area contributed by atoms with Crippen LogP contribution in [0.15, 0.2) is 47.4 Å². The lowest BCUT2D eigenvalue weighted by atomic mass is 10.1. The van der Waals surface area contributed by atoms with Crippen molar-refractivity contribution in [3.05, 3.63) is 59.2 Å². The summed E-state index contributed by atoms with van der Waals surface area (Å²) in [4.78, 5) is 0.815. The predicted molar refractivity (Wildman–Crippen MR) is 108 cm³/mol. The third kappa shape index (κ3) is 4.73. The Morgan fingerprint density at radius 1 is 1.17 bits per heavy atom. The van der Waals surface area contributed by atoms with E-state index in [1.165, 1.54) is 11.8 Å². The second-order valence-electron chi connectivity index (χ2n) is 6.85. The van der Waals surface area contributed by atoms with Gasteiger partial charge in [-0.25, -0.2) is 8.42 Å². The van der Waals surface area contributed by atoms with E-state index in [2.05, 4.69) is 0 Å². The first kappa shape index (κ1) is 22.0. The van der Waals surface area contributed by atoms with Gasteiger partial charge in [0.25, 0.3) is 0 Å². The number of thioether (sulfide) groups is 1. The molecule has 2 aromatic carbocycles. The molecular formula is C20H22F3NO3S2. The lowest BCUT2D eigenvalue weighted by Crippen LogP contribution is -2.40. The van der Waals surface area contributed by atoms with Crippen LogP contribution in [0.5, 0.6) is 5.75 Å². The van der Waals surface area contributed by atoms with Crippen LogP contribution >= 0.6 is 11.8 Å². The van der Waals surface area contributed by atoms with Gasteiger partial charge in [-0.3, -0.25) is 0 Å². The van der Waals surface area contributed by atoms with Gasteiger partial charge in [-0.15, -0.1) is 11.8 Å². The first-order valence-corrected chi connectivity index (χ1v) is 11.6. The lowest BCUT2D eigenvalue weighted by Gasteiger charge is -2.24. The number of alkyl halides is 3. The summed E-state index contributed by atoms with van der Waals surface area (Å²) in [5, 5.41) is -0.436. The zero-order valence-electron chi connectivity index (χ0n) is 16.0. The molecule has 0 aromatic heterocycles. The van der Waals surface area contributed by atoms with Crippen molar-refractivity contribution in [2.75, 3.05) is 6.61 Å². The van der Waals surface area contributed by atoms with E-state index in [0.717, 1.165) is 22.4 Å². The zero-order valence-corrected chi connectivity index (χ0v) is 17.6. The molecule has 3 rings (SSSR count). The maximum Gasteiger partial charge on any atom is 0.511 e. The van der Waals surface area contributed by atoms with Gasteiger partial charge >= 0.3 is 15.5 Å². The normalized spacial score (nSPS) is 19.2. The molecule has 9 heteroatoms. The highest BCUT2D eigenvalue weighted by atomic mass is 32.2. The number of ether oxygens (including phenoxy) is 1. The molecule has 0 heterocycles. The minimum absolute atomic E-state index is 0.436. The van der Waals surface area contributed by atoms with Gasteiger partial charge in [0.15, 0.2) is 0 Å². The van der Waals surface area contributed by atoms with Gasteiger partial charge in [0.2, 0.25) is 0 Å². The summed E-state index contributed by atoms with van der Waals surface area (Å²) in [6.07, 6.45) is 1.27. The van der Waals surface area contributed by atoms with E-state index in [1.54, 1.807) is 18.2 Å². The van der Waals surface area contributed by atoms with Crippen molar-refractivity contribution < 1.29 is 26.3 Å². The van der Waals surface area contributed by atoms with Gasteiger partial charge in [-0.05, 0) is 42.5 Å². The zero-order chi connectivity index (χ0) is 21.2. The number of hydrogen-bond donors (Lipinski definition) is 1. The van der Waals surface area contributed by atoms with Gasteiger partial charge in [-0.2, -0.15) is 17.9 Å². The second kappa shape index (κ2) is 8.57. The highest BCUT2D eigenvalue weighted by Crippen LogP contribution is 2.46. The first-order chi connectivity index (χ1) is 13.6. The third-order valence-electron chi connectivity index (χ3n) is 4.68. The Labute approximate surface area is 172 Å². The number of benzene rings is 2. The first-order valence-electron chi connectivity index (χ1n) is 9.19. The van der Waals surface area contributed by atoms with Crippen molar-refractivity contribution >= 4 is 21.8 Å². The fourth-order valence-electron chi connectivity index (χ4n) is 3.30. The monoisotopic (exact) mass is 445 g/mol. The second-order valence-corrected chi connectivity index (χ2v) is 9.81. The lowest BCUT2D eigenvalue weighted by molar-refractivity contribution is -0.0450. The average Bonchev–Trinajstić information content (AvgIpc) is 2.98. The van der Waals surface area contributed by atoms with Crippen molar-refractivity contribution in [2.24, 2.45) is 0 Å². The average molecular weight is 446 g/mol. The Kier molecular flexibility index (Phi) is 6.50. The molecular weight excluding hydrogens is 423 g/mol. The highest BCUT2D eigenvalue weighted by molar-refractivity contribution is 8.00. The quantitative estimate of drug-likeness (QED) is 0.653. The summed E-state index contributed by atoms with van der Waals surface area (Å²) in [5.41, 5.74) is -3.03. The molecule has 4 nitrogen and oxygen atoms in total. The molecule has 0 radical (unpaired) electrons. The van der Waals surface area contributed by atoms with E-state index in [0.29, 0.717) is 24.3 Å². The van der Waals surface area contributed by atoms with Crippen LogP contribution in [-0.4, -0.2) is 25.8 Å². The number of sulfonamides is 1. The van der Waals surface area contributed by atoms with Gasteiger partial charge in [0, 0.05) is 5.25 Å². The molecule has 2 aromatic rings. The molecule has 29 heavy (non-hydrogen) atoms. The van der Waals surface area contributed by atoms with E-state index >= 15 is 0 Å². The Bertz CT molecular complexity index is 977. The minimum Gasteiger partial charge on any atom is -0.492 e. The van der Waals surface area contributed by atoms with E-state index in [9.17, 15) is 21.6 Å². The van der Waals surface area contributed by atoms with Gasteiger partial charge in [0.1, 0.15) is 5.75 Å². The molecule has 0 saturated carbocycles. The Balaban J connectivity index is 1.95. The molecule has 2 atom stereocenters. The van der Waals surface area contributed by atoms with E-state index < -0.39 is 26.8 Å².